The Morgan fingerprint density at radius 2 is 1.72 bits per heavy atom. The number of carbonyl (C=O) groups is 1. The van der Waals surface area contributed by atoms with Crippen molar-refractivity contribution in [3.63, 3.8) is 0 Å². The van der Waals surface area contributed by atoms with Crippen molar-refractivity contribution in [2.45, 2.75) is 37.9 Å². The molecule has 1 saturated heterocycles. The van der Waals surface area contributed by atoms with Crippen LogP contribution in [0.15, 0.2) is 33.9 Å². The Kier molecular flexibility index (Phi) is 7.41. The number of alkyl halides is 3. The molecule has 194 valence electrons. The Morgan fingerprint density at radius 1 is 1.11 bits per heavy atom. The molecule has 36 heavy (non-hydrogen) atoms. The van der Waals surface area contributed by atoms with Crippen LogP contribution in [0.3, 0.4) is 0 Å². The molecule has 1 aliphatic carbocycles. The van der Waals surface area contributed by atoms with Gasteiger partial charge in [-0.05, 0) is 25.0 Å². The van der Waals surface area contributed by atoms with Crippen LogP contribution in [0.1, 0.15) is 31.7 Å². The molecule has 3 aromatic rings. The third kappa shape index (κ3) is 5.12. The maximum atomic E-state index is 13.0. The summed E-state index contributed by atoms with van der Waals surface area (Å²) in [7, 11) is 0. The summed E-state index contributed by atoms with van der Waals surface area (Å²) in [6.45, 7) is 3.19. The Balaban J connectivity index is 0.000000384. The van der Waals surface area contributed by atoms with Gasteiger partial charge in [0.2, 0.25) is 5.95 Å². The van der Waals surface area contributed by atoms with Crippen molar-refractivity contribution >= 4 is 34.7 Å². The topological polar surface area (TPSA) is 125 Å². The number of H-pyrrole nitrogens is 1. The van der Waals surface area contributed by atoms with Gasteiger partial charge in [0.25, 0.3) is 5.56 Å². The fraction of sp³-hybridized carbons (Fsp3) is 0.455. The number of carboxylic acid groups (broad SMARTS) is 1. The van der Waals surface area contributed by atoms with E-state index in [0.717, 1.165) is 51.9 Å². The highest BCUT2D eigenvalue weighted by atomic mass is 35.5. The third-order valence-electron chi connectivity index (χ3n) is 6.15. The number of fused-ring (bicyclic) bond motifs is 1. The van der Waals surface area contributed by atoms with Gasteiger partial charge in [0.05, 0.1) is 10.7 Å². The van der Waals surface area contributed by atoms with Gasteiger partial charge in [-0.3, -0.25) is 18.9 Å². The van der Waals surface area contributed by atoms with Crippen molar-refractivity contribution in [3.8, 4) is 5.69 Å². The smallest absolute Gasteiger partial charge is 0.475 e. The van der Waals surface area contributed by atoms with Crippen LogP contribution in [0, 0.1) is 0 Å². The van der Waals surface area contributed by atoms with Crippen molar-refractivity contribution in [2.75, 3.05) is 31.1 Å². The minimum atomic E-state index is -5.08. The summed E-state index contributed by atoms with van der Waals surface area (Å²) in [6.07, 6.45) is -1.09. The zero-order valence-corrected chi connectivity index (χ0v) is 19.8. The lowest BCUT2D eigenvalue weighted by molar-refractivity contribution is -0.192. The molecule has 5 rings (SSSR count). The summed E-state index contributed by atoms with van der Waals surface area (Å²) in [5.41, 5.74) is 0.683. The van der Waals surface area contributed by atoms with Crippen molar-refractivity contribution in [1.29, 1.82) is 0 Å². The Morgan fingerprint density at radius 3 is 2.31 bits per heavy atom. The third-order valence-corrected chi connectivity index (χ3v) is 6.47. The van der Waals surface area contributed by atoms with E-state index in [9.17, 15) is 22.8 Å². The molecule has 3 heterocycles. The average molecular weight is 529 g/mol. The van der Waals surface area contributed by atoms with E-state index in [1.807, 2.05) is 22.8 Å². The second kappa shape index (κ2) is 10.3. The van der Waals surface area contributed by atoms with Gasteiger partial charge < -0.3 is 15.3 Å². The van der Waals surface area contributed by atoms with E-state index in [1.165, 1.54) is 0 Å². The number of aromatic amines is 1. The summed E-state index contributed by atoms with van der Waals surface area (Å²) in [4.78, 5) is 44.1. The summed E-state index contributed by atoms with van der Waals surface area (Å²) in [6, 6.07) is 7.47. The maximum absolute atomic E-state index is 13.0. The molecule has 2 aliphatic rings. The number of imidazole rings is 1. The Labute approximate surface area is 207 Å². The molecule has 0 bridgehead atoms. The maximum Gasteiger partial charge on any atom is 0.490 e. The van der Waals surface area contributed by atoms with Crippen LogP contribution in [0.5, 0.6) is 0 Å². The second-order valence-corrected chi connectivity index (χ2v) is 8.89. The normalized spacial score (nSPS) is 16.7. The predicted molar refractivity (Wildman–Crippen MR) is 127 cm³/mol. The summed E-state index contributed by atoms with van der Waals surface area (Å²) in [5.74, 6) is -2.11. The van der Waals surface area contributed by atoms with Crippen molar-refractivity contribution < 1.29 is 23.1 Å². The van der Waals surface area contributed by atoms with E-state index in [0.29, 0.717) is 27.8 Å². The molecule has 1 aromatic carbocycles. The number of hydrogen-bond donors (Lipinski definition) is 3. The molecule has 14 heteroatoms. The molecular weight excluding hydrogens is 505 g/mol. The number of rotatable bonds is 3. The molecule has 3 N–H and O–H groups in total. The zero-order valence-electron chi connectivity index (χ0n) is 19.0. The highest BCUT2D eigenvalue weighted by Gasteiger charge is 2.38. The van der Waals surface area contributed by atoms with Crippen LogP contribution < -0.4 is 21.5 Å². The number of hydrogen-bond acceptors (Lipinski definition) is 6. The van der Waals surface area contributed by atoms with Crippen molar-refractivity contribution in [2.24, 2.45) is 0 Å². The van der Waals surface area contributed by atoms with Crippen LogP contribution in [0.25, 0.3) is 16.9 Å². The number of carboxylic acids is 1. The van der Waals surface area contributed by atoms with Crippen LogP contribution in [-0.4, -0.2) is 62.5 Å². The number of halogens is 4. The van der Waals surface area contributed by atoms with Gasteiger partial charge in [-0.15, -0.1) is 0 Å². The van der Waals surface area contributed by atoms with Gasteiger partial charge in [-0.1, -0.05) is 36.6 Å². The van der Waals surface area contributed by atoms with Crippen molar-refractivity contribution in [3.05, 3.63) is 50.1 Å². The predicted octanol–water partition coefficient (Wildman–Crippen LogP) is 2.69. The molecule has 10 nitrogen and oxygen atoms in total. The van der Waals surface area contributed by atoms with Gasteiger partial charge in [0, 0.05) is 32.2 Å². The molecule has 0 amide bonds. The molecule has 1 saturated carbocycles. The first-order chi connectivity index (χ1) is 17.1. The van der Waals surface area contributed by atoms with E-state index in [2.05, 4.69) is 15.2 Å². The monoisotopic (exact) mass is 528 g/mol. The number of nitrogens with zero attached hydrogens (tertiary/aromatic N) is 4. The first-order valence-electron chi connectivity index (χ1n) is 11.4. The first-order valence-corrected chi connectivity index (χ1v) is 11.8. The quantitative estimate of drug-likeness (QED) is 0.477. The number of benzene rings is 1. The van der Waals surface area contributed by atoms with E-state index < -0.39 is 17.7 Å². The van der Waals surface area contributed by atoms with E-state index >= 15 is 0 Å². The molecule has 1 aliphatic heterocycles. The van der Waals surface area contributed by atoms with Gasteiger partial charge in [0.15, 0.2) is 11.2 Å². The summed E-state index contributed by atoms with van der Waals surface area (Å²) >= 11 is 6.52. The Bertz CT molecular complexity index is 1370. The lowest BCUT2D eigenvalue weighted by Crippen LogP contribution is -2.44. The number of nitrogens with one attached hydrogen (secondary N) is 2. The number of para-hydroxylation sites is 1. The van der Waals surface area contributed by atoms with E-state index in [-0.39, 0.29) is 11.7 Å². The van der Waals surface area contributed by atoms with Gasteiger partial charge in [-0.2, -0.15) is 18.2 Å². The van der Waals surface area contributed by atoms with E-state index in [1.54, 1.807) is 10.6 Å². The summed E-state index contributed by atoms with van der Waals surface area (Å²) in [5, 5.41) is 11.0. The second-order valence-electron chi connectivity index (χ2n) is 8.48. The van der Waals surface area contributed by atoms with Gasteiger partial charge >= 0.3 is 17.8 Å². The number of aromatic nitrogens is 4. The lowest BCUT2D eigenvalue weighted by Gasteiger charge is -2.28. The van der Waals surface area contributed by atoms with Gasteiger partial charge in [-0.25, -0.2) is 9.59 Å². The molecule has 0 radical (unpaired) electrons. The fourth-order valence-electron chi connectivity index (χ4n) is 4.52. The number of anilines is 1. The summed E-state index contributed by atoms with van der Waals surface area (Å²) < 4.78 is 35.2. The van der Waals surface area contributed by atoms with Crippen molar-refractivity contribution in [1.82, 2.24) is 24.4 Å². The zero-order chi connectivity index (χ0) is 26.0. The largest absolute Gasteiger partial charge is 0.490 e. The SMILES string of the molecule is O=C(O)C(F)(F)F.O=c1[nH]c(=O)n(C2CCCC2)c2nc(N3CCNCC3)n(-c3ccccc3Cl)c12. The average Bonchev–Trinajstić information content (AvgIpc) is 3.49. The minimum absolute atomic E-state index is 0.0623. The van der Waals surface area contributed by atoms with E-state index in [4.69, 9.17) is 26.5 Å². The van der Waals surface area contributed by atoms with Gasteiger partial charge in [0.1, 0.15) is 0 Å². The highest BCUT2D eigenvalue weighted by molar-refractivity contribution is 6.32. The Hall–Kier alpha value is -3.32. The number of aliphatic carboxylic acids is 1. The number of piperazine rings is 1. The van der Waals surface area contributed by atoms with Crippen LogP contribution >= 0.6 is 11.6 Å². The first kappa shape index (κ1) is 25.8. The standard InChI is InChI=1S/C20H23ClN6O2.C2HF3O2/c21-14-7-3-4-8-15(14)27-16-17(23-19(27)25-11-9-22-10-12-25)26(13-5-1-2-6-13)20(29)24-18(16)28;3-2(4,5)1(6)7/h3-4,7-8,13,22H,1-2,5-6,9-12H2,(H,24,28,29);(H,6,7). The molecule has 0 spiro atoms. The van der Waals surface area contributed by atoms with Crippen LogP contribution in [0.2, 0.25) is 5.02 Å². The molecule has 2 aromatic heterocycles. The fourth-order valence-corrected chi connectivity index (χ4v) is 4.74. The molecule has 2 fully saturated rings. The lowest BCUT2D eigenvalue weighted by atomic mass is 10.2. The van der Waals surface area contributed by atoms with Crippen LogP contribution in [-0.2, 0) is 4.79 Å². The molecule has 0 atom stereocenters. The minimum Gasteiger partial charge on any atom is -0.475 e. The molecular formula is C22H24ClF3N6O4. The van der Waals surface area contributed by atoms with Crippen LogP contribution in [0.4, 0.5) is 19.1 Å². The highest BCUT2D eigenvalue weighted by Crippen LogP contribution is 2.33. The molecule has 0 unspecified atom stereocenters.